The highest BCUT2D eigenvalue weighted by Gasteiger charge is 2.60. The van der Waals surface area contributed by atoms with Crippen molar-refractivity contribution < 1.29 is 14.3 Å². The largest absolute Gasteiger partial charge is 0.467 e. The van der Waals surface area contributed by atoms with E-state index in [1.807, 2.05) is 13.8 Å². The van der Waals surface area contributed by atoms with Crippen molar-refractivity contribution in [3.05, 3.63) is 0 Å². The van der Waals surface area contributed by atoms with Crippen molar-refractivity contribution in [3.8, 4) is 0 Å². The molecule has 48 heavy (non-hydrogen) atoms. The number of methoxy groups -OCH3 is 1. The average Bonchev–Trinajstić information content (AvgIpc) is 3.43. The summed E-state index contributed by atoms with van der Waals surface area (Å²) in [5.74, 6) is 4.36. The summed E-state index contributed by atoms with van der Waals surface area (Å²) in [6, 6.07) is 0.136. The fourth-order valence-electron chi connectivity index (χ4n) is 11.3. The molecule has 8 nitrogen and oxygen atoms in total. The molecule has 4 rings (SSSR count). The summed E-state index contributed by atoms with van der Waals surface area (Å²) in [6.45, 7) is 17.9. The van der Waals surface area contributed by atoms with E-state index in [-0.39, 0.29) is 17.8 Å². The number of ether oxygens (including phenoxy) is 1. The van der Waals surface area contributed by atoms with E-state index < -0.39 is 6.04 Å². The van der Waals surface area contributed by atoms with Gasteiger partial charge in [-0.25, -0.2) is 4.79 Å². The first-order valence-electron chi connectivity index (χ1n) is 20.3. The highest BCUT2D eigenvalue weighted by atomic mass is 16.5. The van der Waals surface area contributed by atoms with Crippen molar-refractivity contribution in [1.29, 1.82) is 0 Å². The molecule has 0 aromatic carbocycles. The van der Waals surface area contributed by atoms with Crippen molar-refractivity contribution >= 4 is 11.9 Å². The maximum Gasteiger partial charge on any atom is 0.328 e. The van der Waals surface area contributed by atoms with E-state index in [9.17, 15) is 9.59 Å². The van der Waals surface area contributed by atoms with Gasteiger partial charge >= 0.3 is 5.97 Å². The summed E-state index contributed by atoms with van der Waals surface area (Å²) >= 11 is 0. The van der Waals surface area contributed by atoms with Gasteiger partial charge in [0.15, 0.2) is 0 Å². The Kier molecular flexibility index (Phi) is 15.5. The molecule has 0 bridgehead atoms. The second-order valence-corrected chi connectivity index (χ2v) is 17.3. The summed E-state index contributed by atoms with van der Waals surface area (Å²) in [6.07, 6.45) is 18.6. The van der Waals surface area contributed by atoms with Gasteiger partial charge in [0.25, 0.3) is 0 Å². The maximum absolute atomic E-state index is 12.9. The fourth-order valence-corrected chi connectivity index (χ4v) is 11.3. The number of unbranched alkanes of at least 4 members (excludes halogenated alkanes) is 1. The van der Waals surface area contributed by atoms with Gasteiger partial charge in [0.2, 0.25) is 5.91 Å². The maximum atomic E-state index is 12.9. The number of fused-ring (bicyclic) bond motifs is 5. The molecular formula is C40H75N5O3. The summed E-state index contributed by atoms with van der Waals surface area (Å²) in [5, 5.41) is 14.0. The quantitative estimate of drug-likeness (QED) is 0.0792. The molecule has 0 unspecified atom stereocenters. The first-order chi connectivity index (χ1) is 23.0. The Bertz CT molecular complexity index is 994. The lowest BCUT2D eigenvalue weighted by molar-refractivity contribution is -0.146. The molecule has 4 aliphatic carbocycles. The van der Waals surface area contributed by atoms with E-state index in [0.717, 1.165) is 75.8 Å². The fraction of sp³-hybridized carbons (Fsp3) is 0.950. The average molecular weight is 674 g/mol. The lowest BCUT2D eigenvalue weighted by atomic mass is 9.44. The van der Waals surface area contributed by atoms with Crippen molar-refractivity contribution in [2.45, 2.75) is 143 Å². The number of rotatable bonds is 20. The van der Waals surface area contributed by atoms with Crippen LogP contribution in [0.4, 0.5) is 0 Å². The van der Waals surface area contributed by atoms with Crippen LogP contribution >= 0.6 is 0 Å². The van der Waals surface area contributed by atoms with Gasteiger partial charge in [0.05, 0.1) is 7.11 Å². The number of hydrogen-bond donors (Lipinski definition) is 5. The number of hydrogen-bond acceptors (Lipinski definition) is 7. The molecular weight excluding hydrogens is 598 g/mol. The number of carbonyl (C=O) groups excluding carboxylic acids is 2. The number of esters is 1. The zero-order chi connectivity index (χ0) is 34.7. The van der Waals surface area contributed by atoms with Crippen molar-refractivity contribution in [1.82, 2.24) is 21.3 Å². The molecule has 4 saturated carbocycles. The minimum Gasteiger partial charge on any atom is -0.467 e. The molecule has 0 spiro atoms. The van der Waals surface area contributed by atoms with E-state index in [2.05, 4.69) is 42.0 Å². The molecule has 0 saturated heterocycles. The van der Waals surface area contributed by atoms with E-state index >= 15 is 0 Å². The Labute approximate surface area is 294 Å². The third-order valence-corrected chi connectivity index (χ3v) is 14.2. The van der Waals surface area contributed by atoms with E-state index in [0.29, 0.717) is 35.1 Å². The second kappa shape index (κ2) is 18.9. The summed E-state index contributed by atoms with van der Waals surface area (Å²) in [4.78, 5) is 25.0. The van der Waals surface area contributed by atoms with Crippen LogP contribution in [0.1, 0.15) is 131 Å². The van der Waals surface area contributed by atoms with Crippen LogP contribution in [0.5, 0.6) is 0 Å². The molecule has 278 valence electrons. The predicted octanol–water partition coefficient (Wildman–Crippen LogP) is 6.03. The smallest absolute Gasteiger partial charge is 0.328 e. The third-order valence-electron chi connectivity index (χ3n) is 14.2. The van der Waals surface area contributed by atoms with Gasteiger partial charge in [0, 0.05) is 12.5 Å². The minimum atomic E-state index is -0.564. The summed E-state index contributed by atoms with van der Waals surface area (Å²) in [7, 11) is 1.39. The highest BCUT2D eigenvalue weighted by Crippen LogP contribution is 2.68. The molecule has 10 atom stereocenters. The Morgan fingerprint density at radius 3 is 2.17 bits per heavy atom. The Hall–Kier alpha value is -1.22. The third kappa shape index (κ3) is 9.76. The van der Waals surface area contributed by atoms with E-state index in [1.54, 1.807) is 0 Å². The second-order valence-electron chi connectivity index (χ2n) is 17.3. The van der Waals surface area contributed by atoms with Crippen LogP contribution in [0.25, 0.3) is 0 Å². The molecule has 0 aliphatic heterocycles. The number of nitrogens with two attached hydrogens (primary N) is 1. The SMILES string of the molecule is COC(=O)[C@@H](NC(=O)CC[C@@H](C)[C@H]1CC[C@H]2[C@@H]3CC[C@@H]4C[C@@H](NCCCNCCCCNCCCN)CC[C@]4(C)[C@H]3CC[C@]12C)C(C)C. The molecule has 1 amide bonds. The lowest BCUT2D eigenvalue weighted by Crippen LogP contribution is -2.55. The molecule has 6 N–H and O–H groups in total. The molecule has 0 aromatic heterocycles. The Balaban J connectivity index is 1.18. The van der Waals surface area contributed by atoms with Crippen molar-refractivity contribution in [2.24, 2.45) is 58.0 Å². The van der Waals surface area contributed by atoms with Crippen LogP contribution in [-0.4, -0.2) is 70.3 Å². The van der Waals surface area contributed by atoms with Gasteiger partial charge in [-0.15, -0.1) is 0 Å². The van der Waals surface area contributed by atoms with Crippen LogP contribution in [0.3, 0.4) is 0 Å². The van der Waals surface area contributed by atoms with Gasteiger partial charge in [-0.3, -0.25) is 4.79 Å². The standard InChI is InChI=1S/C40H75N5O3/c1-28(2)37(38(47)48-6)45-36(46)16-11-29(3)33-14-15-34-32-13-12-30-27-31(17-19-39(30,4)35(32)18-20-40(33,34)5)44-26-10-25-43-23-8-7-22-42-24-9-21-41/h28-35,37,42-44H,7-27,41H2,1-6H3,(H,45,46)/t29-,30-,31+,32+,33-,34+,35+,37+,39+,40-/m1/s1. The van der Waals surface area contributed by atoms with Gasteiger partial charge in [0.1, 0.15) is 6.04 Å². The number of amides is 1. The minimum absolute atomic E-state index is 0.0135. The van der Waals surface area contributed by atoms with Crippen LogP contribution in [0.2, 0.25) is 0 Å². The van der Waals surface area contributed by atoms with Gasteiger partial charge in [-0.2, -0.15) is 0 Å². The first kappa shape index (κ1) is 39.6. The molecule has 4 fully saturated rings. The monoisotopic (exact) mass is 674 g/mol. The van der Waals surface area contributed by atoms with Crippen LogP contribution in [0.15, 0.2) is 0 Å². The Morgan fingerprint density at radius 2 is 1.48 bits per heavy atom. The number of nitrogens with one attached hydrogen (secondary N) is 4. The topological polar surface area (TPSA) is 118 Å². The lowest BCUT2D eigenvalue weighted by Gasteiger charge is -2.61. The molecule has 0 aromatic rings. The van der Waals surface area contributed by atoms with E-state index in [1.165, 1.54) is 84.2 Å². The summed E-state index contributed by atoms with van der Waals surface area (Å²) in [5.41, 5.74) is 6.46. The Morgan fingerprint density at radius 1 is 0.812 bits per heavy atom. The van der Waals surface area contributed by atoms with Crippen molar-refractivity contribution in [2.75, 3.05) is 46.4 Å². The van der Waals surface area contributed by atoms with Crippen LogP contribution in [-0.2, 0) is 14.3 Å². The zero-order valence-electron chi connectivity index (χ0n) is 31.8. The molecule has 8 heteroatoms. The predicted molar refractivity (Wildman–Crippen MR) is 197 cm³/mol. The molecule has 0 heterocycles. The number of carbonyl (C=O) groups is 2. The van der Waals surface area contributed by atoms with E-state index in [4.69, 9.17) is 10.5 Å². The molecule has 0 radical (unpaired) electrons. The van der Waals surface area contributed by atoms with Crippen molar-refractivity contribution in [3.63, 3.8) is 0 Å². The van der Waals surface area contributed by atoms with Gasteiger partial charge in [-0.1, -0.05) is 34.6 Å². The van der Waals surface area contributed by atoms with Gasteiger partial charge < -0.3 is 31.7 Å². The summed E-state index contributed by atoms with van der Waals surface area (Å²) < 4.78 is 4.93. The van der Waals surface area contributed by atoms with Crippen LogP contribution < -0.4 is 27.0 Å². The van der Waals surface area contributed by atoms with Crippen LogP contribution in [0, 0.1) is 52.3 Å². The highest BCUT2D eigenvalue weighted by molar-refractivity contribution is 5.84. The zero-order valence-corrected chi connectivity index (χ0v) is 31.8. The van der Waals surface area contributed by atoms with Gasteiger partial charge in [-0.05, 0) is 181 Å². The normalized spacial score (nSPS) is 34.2. The first-order valence-corrected chi connectivity index (χ1v) is 20.3. The molecule has 4 aliphatic rings.